The summed E-state index contributed by atoms with van der Waals surface area (Å²) in [5, 5.41) is 14.9. The molecule has 2 N–H and O–H groups in total. The molecule has 0 heterocycles. The van der Waals surface area contributed by atoms with Gasteiger partial charge in [0, 0.05) is 18.3 Å². The van der Waals surface area contributed by atoms with E-state index in [-0.39, 0.29) is 17.5 Å². The van der Waals surface area contributed by atoms with Gasteiger partial charge in [-0.2, -0.15) is 5.26 Å². The molecular weight excluding hydrogens is 214 g/mol. The quantitative estimate of drug-likeness (QED) is 0.564. The minimum absolute atomic E-state index is 0.103. The fourth-order valence-electron chi connectivity index (χ4n) is 1.85. The third-order valence-corrected chi connectivity index (χ3v) is 3.17. The first-order chi connectivity index (χ1) is 8.17. The van der Waals surface area contributed by atoms with Crippen LogP contribution in [0.2, 0.25) is 0 Å². The first-order valence-corrected chi connectivity index (χ1v) is 6.34. The molecule has 1 aliphatic carbocycles. The van der Waals surface area contributed by atoms with Crippen LogP contribution in [-0.2, 0) is 4.79 Å². The first kappa shape index (κ1) is 13.6. The molecule has 17 heavy (non-hydrogen) atoms. The largest absolute Gasteiger partial charge is 0.387 e. The van der Waals surface area contributed by atoms with Gasteiger partial charge in [-0.25, -0.2) is 0 Å². The Morgan fingerprint density at radius 3 is 2.71 bits per heavy atom. The second-order valence-electron chi connectivity index (χ2n) is 4.60. The SMILES string of the molecule is CCC(C)NC(=O)/C(C#N)=C\NC1CCCC1. The van der Waals surface area contributed by atoms with E-state index in [0.29, 0.717) is 6.04 Å². The molecule has 1 fully saturated rings. The lowest BCUT2D eigenvalue weighted by Gasteiger charge is -2.12. The standard InChI is InChI=1S/C13H21N3O/c1-3-10(2)16-13(17)11(8-14)9-15-12-6-4-5-7-12/h9-10,12,15H,3-7H2,1-2H3,(H,16,17)/b11-9-. The first-order valence-electron chi connectivity index (χ1n) is 6.34. The maximum Gasteiger partial charge on any atom is 0.263 e. The van der Waals surface area contributed by atoms with Gasteiger partial charge in [-0.3, -0.25) is 4.79 Å². The van der Waals surface area contributed by atoms with Gasteiger partial charge in [0.15, 0.2) is 0 Å². The van der Waals surface area contributed by atoms with Crippen molar-refractivity contribution in [2.75, 3.05) is 0 Å². The number of amides is 1. The van der Waals surface area contributed by atoms with Crippen LogP contribution in [0.1, 0.15) is 46.0 Å². The molecule has 0 aliphatic heterocycles. The van der Waals surface area contributed by atoms with Crippen molar-refractivity contribution in [1.82, 2.24) is 10.6 Å². The van der Waals surface area contributed by atoms with Crippen molar-refractivity contribution in [3.05, 3.63) is 11.8 Å². The lowest BCUT2D eigenvalue weighted by molar-refractivity contribution is -0.117. The third kappa shape index (κ3) is 4.48. The predicted molar refractivity (Wildman–Crippen MR) is 67.0 cm³/mol. The Hall–Kier alpha value is -1.50. The van der Waals surface area contributed by atoms with E-state index in [9.17, 15) is 4.79 Å². The monoisotopic (exact) mass is 235 g/mol. The summed E-state index contributed by atoms with van der Waals surface area (Å²) in [4.78, 5) is 11.7. The van der Waals surface area contributed by atoms with Gasteiger partial charge >= 0.3 is 0 Å². The fraction of sp³-hybridized carbons (Fsp3) is 0.692. The van der Waals surface area contributed by atoms with Gasteiger partial charge in [-0.05, 0) is 26.2 Å². The molecule has 1 aliphatic rings. The topological polar surface area (TPSA) is 64.9 Å². The molecule has 0 aromatic rings. The van der Waals surface area contributed by atoms with Gasteiger partial charge in [-0.15, -0.1) is 0 Å². The average molecular weight is 235 g/mol. The number of carbonyl (C=O) groups is 1. The summed E-state index contributed by atoms with van der Waals surface area (Å²) in [5.74, 6) is -0.285. The van der Waals surface area contributed by atoms with Crippen molar-refractivity contribution in [3.8, 4) is 6.07 Å². The van der Waals surface area contributed by atoms with Crippen molar-refractivity contribution < 1.29 is 4.79 Å². The maximum absolute atomic E-state index is 11.7. The Morgan fingerprint density at radius 1 is 1.53 bits per heavy atom. The number of nitrogens with zero attached hydrogens (tertiary/aromatic N) is 1. The van der Waals surface area contributed by atoms with E-state index >= 15 is 0 Å². The van der Waals surface area contributed by atoms with Crippen LogP contribution in [0.4, 0.5) is 0 Å². The number of nitrogens with one attached hydrogen (secondary N) is 2. The number of hydrogen-bond donors (Lipinski definition) is 2. The molecule has 0 aromatic carbocycles. The summed E-state index contributed by atoms with van der Waals surface area (Å²) in [5.41, 5.74) is 0.164. The van der Waals surface area contributed by atoms with E-state index in [1.165, 1.54) is 12.8 Å². The summed E-state index contributed by atoms with van der Waals surface area (Å²) in [6.07, 6.45) is 7.14. The molecule has 0 radical (unpaired) electrons. The van der Waals surface area contributed by atoms with E-state index in [1.54, 1.807) is 6.20 Å². The smallest absolute Gasteiger partial charge is 0.263 e. The molecule has 1 unspecified atom stereocenters. The van der Waals surface area contributed by atoms with E-state index in [0.717, 1.165) is 19.3 Å². The molecule has 94 valence electrons. The number of rotatable bonds is 5. The van der Waals surface area contributed by atoms with Gasteiger partial charge in [0.25, 0.3) is 5.91 Å². The van der Waals surface area contributed by atoms with Crippen LogP contribution in [0.3, 0.4) is 0 Å². The molecule has 0 bridgehead atoms. The molecule has 0 saturated heterocycles. The zero-order valence-corrected chi connectivity index (χ0v) is 10.6. The van der Waals surface area contributed by atoms with E-state index in [1.807, 2.05) is 19.9 Å². The normalized spacial score (nSPS) is 18.5. The van der Waals surface area contributed by atoms with Crippen molar-refractivity contribution in [1.29, 1.82) is 5.26 Å². The molecule has 1 amide bonds. The molecule has 1 rings (SSSR count). The second kappa shape index (κ2) is 6.95. The van der Waals surface area contributed by atoms with E-state index in [2.05, 4.69) is 10.6 Å². The van der Waals surface area contributed by atoms with Crippen LogP contribution in [0, 0.1) is 11.3 Å². The predicted octanol–water partition coefficient (Wildman–Crippen LogP) is 1.84. The molecule has 0 spiro atoms. The van der Waals surface area contributed by atoms with Crippen LogP contribution in [-0.4, -0.2) is 18.0 Å². The minimum Gasteiger partial charge on any atom is -0.387 e. The Kier molecular flexibility index (Phi) is 5.55. The van der Waals surface area contributed by atoms with Crippen LogP contribution in [0.25, 0.3) is 0 Å². The van der Waals surface area contributed by atoms with Crippen LogP contribution >= 0.6 is 0 Å². The van der Waals surface area contributed by atoms with Gasteiger partial charge in [0.05, 0.1) is 0 Å². The van der Waals surface area contributed by atoms with Gasteiger partial charge in [0.2, 0.25) is 0 Å². The second-order valence-corrected chi connectivity index (χ2v) is 4.60. The molecule has 4 heteroatoms. The van der Waals surface area contributed by atoms with E-state index in [4.69, 9.17) is 5.26 Å². The number of carbonyl (C=O) groups excluding carboxylic acids is 1. The lowest BCUT2D eigenvalue weighted by Crippen LogP contribution is -2.33. The summed E-state index contributed by atoms with van der Waals surface area (Å²) < 4.78 is 0. The van der Waals surface area contributed by atoms with Crippen molar-refractivity contribution in [2.24, 2.45) is 0 Å². The Balaban J connectivity index is 2.48. The summed E-state index contributed by atoms with van der Waals surface area (Å²) in [7, 11) is 0. The highest BCUT2D eigenvalue weighted by atomic mass is 16.1. The highest BCUT2D eigenvalue weighted by Crippen LogP contribution is 2.17. The van der Waals surface area contributed by atoms with Crippen molar-refractivity contribution >= 4 is 5.91 Å². The lowest BCUT2D eigenvalue weighted by atomic mass is 10.2. The van der Waals surface area contributed by atoms with Gasteiger partial charge < -0.3 is 10.6 Å². The number of hydrogen-bond acceptors (Lipinski definition) is 3. The summed E-state index contributed by atoms with van der Waals surface area (Å²) >= 11 is 0. The van der Waals surface area contributed by atoms with Crippen molar-refractivity contribution in [3.63, 3.8) is 0 Å². The van der Waals surface area contributed by atoms with Gasteiger partial charge in [0.1, 0.15) is 11.6 Å². The molecular formula is C13H21N3O. The molecule has 1 atom stereocenters. The van der Waals surface area contributed by atoms with Crippen molar-refractivity contribution in [2.45, 2.75) is 58.0 Å². The maximum atomic E-state index is 11.7. The summed E-state index contributed by atoms with van der Waals surface area (Å²) in [6, 6.07) is 2.47. The highest BCUT2D eigenvalue weighted by Gasteiger charge is 2.15. The fourth-order valence-corrected chi connectivity index (χ4v) is 1.85. The Labute approximate surface area is 103 Å². The average Bonchev–Trinajstić information content (AvgIpc) is 2.82. The Morgan fingerprint density at radius 2 is 2.18 bits per heavy atom. The van der Waals surface area contributed by atoms with Gasteiger partial charge in [-0.1, -0.05) is 19.8 Å². The van der Waals surface area contributed by atoms with E-state index < -0.39 is 0 Å². The van der Waals surface area contributed by atoms with Crippen LogP contribution in [0.15, 0.2) is 11.8 Å². The minimum atomic E-state index is -0.285. The highest BCUT2D eigenvalue weighted by molar-refractivity contribution is 5.97. The Bertz CT molecular complexity index is 324. The number of nitriles is 1. The van der Waals surface area contributed by atoms with Crippen LogP contribution < -0.4 is 10.6 Å². The third-order valence-electron chi connectivity index (χ3n) is 3.17. The molecule has 1 saturated carbocycles. The molecule has 4 nitrogen and oxygen atoms in total. The zero-order chi connectivity index (χ0) is 12.7. The van der Waals surface area contributed by atoms with Crippen LogP contribution in [0.5, 0.6) is 0 Å². The summed E-state index contributed by atoms with van der Waals surface area (Å²) in [6.45, 7) is 3.93. The molecule has 0 aromatic heterocycles. The zero-order valence-electron chi connectivity index (χ0n) is 10.6.